The SMILES string of the molecule is CCS(=O)(=O)c1c(C(=O)O)ccc2ncc(Cl)cc12. The first kappa shape index (κ1) is 13.8. The summed E-state index contributed by atoms with van der Waals surface area (Å²) in [6, 6.07) is 4.12. The van der Waals surface area contributed by atoms with Gasteiger partial charge in [-0.05, 0) is 18.2 Å². The van der Waals surface area contributed by atoms with Crippen molar-refractivity contribution in [2.24, 2.45) is 0 Å². The zero-order valence-electron chi connectivity index (χ0n) is 9.92. The minimum absolute atomic E-state index is 0.196. The summed E-state index contributed by atoms with van der Waals surface area (Å²) in [4.78, 5) is 15.0. The molecule has 19 heavy (non-hydrogen) atoms. The van der Waals surface area contributed by atoms with Gasteiger partial charge in [-0.1, -0.05) is 18.5 Å². The lowest BCUT2D eigenvalue weighted by molar-refractivity contribution is 0.0693. The lowest BCUT2D eigenvalue weighted by Crippen LogP contribution is -2.12. The summed E-state index contributed by atoms with van der Waals surface area (Å²) < 4.78 is 24.2. The van der Waals surface area contributed by atoms with Crippen molar-refractivity contribution < 1.29 is 18.3 Å². The molecule has 0 saturated carbocycles. The van der Waals surface area contributed by atoms with E-state index in [1.807, 2.05) is 0 Å². The summed E-state index contributed by atoms with van der Waals surface area (Å²) >= 11 is 5.81. The van der Waals surface area contributed by atoms with Crippen LogP contribution >= 0.6 is 11.6 Å². The summed E-state index contributed by atoms with van der Waals surface area (Å²) in [7, 11) is -3.70. The Morgan fingerprint density at radius 2 is 2.11 bits per heavy atom. The molecule has 0 saturated heterocycles. The summed E-state index contributed by atoms with van der Waals surface area (Å²) in [5, 5.41) is 9.62. The van der Waals surface area contributed by atoms with Gasteiger partial charge in [-0.2, -0.15) is 0 Å². The third kappa shape index (κ3) is 2.41. The fourth-order valence-corrected chi connectivity index (χ4v) is 3.23. The van der Waals surface area contributed by atoms with Crippen LogP contribution in [0.25, 0.3) is 10.9 Å². The molecule has 0 aliphatic heterocycles. The summed E-state index contributed by atoms with van der Waals surface area (Å²) in [6.45, 7) is 1.46. The van der Waals surface area contributed by atoms with Crippen LogP contribution in [0.5, 0.6) is 0 Å². The summed E-state index contributed by atoms with van der Waals surface area (Å²) in [5.41, 5.74) is 0.125. The number of carboxylic acids is 1. The number of nitrogens with zero attached hydrogens (tertiary/aromatic N) is 1. The van der Waals surface area contributed by atoms with Gasteiger partial charge in [-0.3, -0.25) is 4.98 Å². The van der Waals surface area contributed by atoms with Gasteiger partial charge in [0, 0.05) is 11.6 Å². The van der Waals surface area contributed by atoms with E-state index in [1.54, 1.807) is 0 Å². The number of aromatic carboxylic acids is 1. The van der Waals surface area contributed by atoms with Crippen LogP contribution in [0.4, 0.5) is 0 Å². The highest BCUT2D eigenvalue weighted by Crippen LogP contribution is 2.28. The van der Waals surface area contributed by atoms with Gasteiger partial charge in [-0.15, -0.1) is 0 Å². The molecule has 0 bridgehead atoms. The first-order valence-electron chi connectivity index (χ1n) is 5.41. The molecule has 5 nitrogen and oxygen atoms in total. The molecular weight excluding hydrogens is 290 g/mol. The van der Waals surface area contributed by atoms with Gasteiger partial charge in [0.25, 0.3) is 0 Å². The van der Waals surface area contributed by atoms with E-state index < -0.39 is 15.8 Å². The van der Waals surface area contributed by atoms with E-state index in [1.165, 1.54) is 31.3 Å². The highest BCUT2D eigenvalue weighted by Gasteiger charge is 2.24. The number of carbonyl (C=O) groups is 1. The zero-order valence-corrected chi connectivity index (χ0v) is 11.5. The Kier molecular flexibility index (Phi) is 3.47. The molecule has 0 fully saturated rings. The van der Waals surface area contributed by atoms with E-state index in [9.17, 15) is 13.2 Å². The number of halogens is 1. The number of pyridine rings is 1. The van der Waals surface area contributed by atoms with Crippen molar-refractivity contribution >= 4 is 38.3 Å². The molecule has 0 atom stereocenters. The van der Waals surface area contributed by atoms with Gasteiger partial charge < -0.3 is 5.11 Å². The van der Waals surface area contributed by atoms with Crippen molar-refractivity contribution in [1.29, 1.82) is 0 Å². The first-order chi connectivity index (χ1) is 8.86. The van der Waals surface area contributed by atoms with Crippen LogP contribution in [0, 0.1) is 0 Å². The molecule has 0 aliphatic rings. The van der Waals surface area contributed by atoms with Crippen molar-refractivity contribution in [2.75, 3.05) is 5.75 Å². The number of carboxylic acid groups (broad SMARTS) is 1. The normalized spacial score (nSPS) is 11.7. The van der Waals surface area contributed by atoms with E-state index in [-0.39, 0.29) is 26.6 Å². The lowest BCUT2D eigenvalue weighted by atomic mass is 10.1. The zero-order chi connectivity index (χ0) is 14.2. The minimum atomic E-state index is -3.70. The number of hydrogen-bond acceptors (Lipinski definition) is 4. The first-order valence-corrected chi connectivity index (χ1v) is 7.44. The summed E-state index contributed by atoms with van der Waals surface area (Å²) in [5.74, 6) is -1.49. The molecule has 1 aromatic carbocycles. The maximum atomic E-state index is 12.1. The second kappa shape index (κ2) is 4.79. The van der Waals surface area contributed by atoms with Gasteiger partial charge in [0.2, 0.25) is 0 Å². The van der Waals surface area contributed by atoms with Crippen molar-refractivity contribution in [2.45, 2.75) is 11.8 Å². The smallest absolute Gasteiger partial charge is 0.337 e. The largest absolute Gasteiger partial charge is 0.478 e. The highest BCUT2D eigenvalue weighted by atomic mass is 35.5. The maximum absolute atomic E-state index is 12.1. The Bertz CT molecular complexity index is 771. The van der Waals surface area contributed by atoms with E-state index in [2.05, 4.69) is 4.98 Å². The molecule has 1 heterocycles. The van der Waals surface area contributed by atoms with Crippen molar-refractivity contribution in [3.05, 3.63) is 35.0 Å². The van der Waals surface area contributed by atoms with Crippen molar-refractivity contribution in [1.82, 2.24) is 4.98 Å². The quantitative estimate of drug-likeness (QED) is 0.940. The molecule has 1 aromatic heterocycles. The molecule has 100 valence electrons. The topological polar surface area (TPSA) is 84.3 Å². The Hall–Kier alpha value is -1.66. The molecule has 7 heteroatoms. The second-order valence-corrected chi connectivity index (χ2v) is 6.52. The molecule has 2 rings (SSSR count). The number of benzene rings is 1. The van der Waals surface area contributed by atoms with Gasteiger partial charge in [-0.25, -0.2) is 13.2 Å². The second-order valence-electron chi connectivity index (χ2n) is 3.87. The molecule has 2 aromatic rings. The lowest BCUT2D eigenvalue weighted by Gasteiger charge is -2.10. The van der Waals surface area contributed by atoms with Gasteiger partial charge in [0.15, 0.2) is 9.84 Å². The molecular formula is C12H10ClNO4S. The van der Waals surface area contributed by atoms with Crippen LogP contribution < -0.4 is 0 Å². The standard InChI is InChI=1S/C12H10ClNO4S/c1-2-19(17,18)11-8(12(15)16)3-4-10-9(11)5-7(13)6-14-10/h3-6H,2H2,1H3,(H,15,16). The number of sulfone groups is 1. The predicted octanol–water partition coefficient (Wildman–Crippen LogP) is 2.38. The van der Waals surface area contributed by atoms with E-state index in [0.29, 0.717) is 5.52 Å². The Morgan fingerprint density at radius 3 is 2.68 bits per heavy atom. The van der Waals surface area contributed by atoms with Crippen LogP contribution in [0.1, 0.15) is 17.3 Å². The van der Waals surface area contributed by atoms with Crippen LogP contribution in [0.15, 0.2) is 29.3 Å². The fraction of sp³-hybridized carbons (Fsp3) is 0.167. The average Bonchev–Trinajstić information content (AvgIpc) is 2.36. The maximum Gasteiger partial charge on any atom is 0.337 e. The van der Waals surface area contributed by atoms with E-state index in [0.717, 1.165) is 0 Å². The average molecular weight is 300 g/mol. The van der Waals surface area contributed by atoms with E-state index >= 15 is 0 Å². The van der Waals surface area contributed by atoms with Gasteiger partial charge in [0.05, 0.1) is 26.8 Å². The molecule has 0 unspecified atom stereocenters. The number of rotatable bonds is 3. The number of aromatic nitrogens is 1. The molecule has 0 spiro atoms. The highest BCUT2D eigenvalue weighted by molar-refractivity contribution is 7.91. The third-order valence-corrected chi connectivity index (χ3v) is 4.73. The molecule has 1 N–H and O–H groups in total. The Morgan fingerprint density at radius 1 is 1.42 bits per heavy atom. The Labute approximate surface area is 114 Å². The fourth-order valence-electron chi connectivity index (χ4n) is 1.80. The van der Waals surface area contributed by atoms with Crippen LogP contribution in [-0.4, -0.2) is 30.2 Å². The van der Waals surface area contributed by atoms with Gasteiger partial charge >= 0.3 is 5.97 Å². The van der Waals surface area contributed by atoms with Crippen LogP contribution in [-0.2, 0) is 9.84 Å². The van der Waals surface area contributed by atoms with Crippen LogP contribution in [0.2, 0.25) is 5.02 Å². The monoisotopic (exact) mass is 299 g/mol. The van der Waals surface area contributed by atoms with Gasteiger partial charge in [0.1, 0.15) is 0 Å². The van der Waals surface area contributed by atoms with Crippen molar-refractivity contribution in [3.8, 4) is 0 Å². The van der Waals surface area contributed by atoms with Crippen molar-refractivity contribution in [3.63, 3.8) is 0 Å². The number of fused-ring (bicyclic) bond motifs is 1. The molecule has 0 aliphatic carbocycles. The predicted molar refractivity (Wildman–Crippen MR) is 71.4 cm³/mol. The summed E-state index contributed by atoms with van der Waals surface area (Å²) in [6.07, 6.45) is 1.38. The minimum Gasteiger partial charge on any atom is -0.478 e. The molecule has 0 amide bonds. The third-order valence-electron chi connectivity index (χ3n) is 2.70. The molecule has 0 radical (unpaired) electrons. The number of hydrogen-bond donors (Lipinski definition) is 1. The Balaban J connectivity index is 3.00. The van der Waals surface area contributed by atoms with Crippen LogP contribution in [0.3, 0.4) is 0 Å². The van der Waals surface area contributed by atoms with E-state index in [4.69, 9.17) is 16.7 Å².